The molecule has 0 N–H and O–H groups in total. The van der Waals surface area contributed by atoms with Gasteiger partial charge in [-0.2, -0.15) is 0 Å². The van der Waals surface area contributed by atoms with Crippen LogP contribution >= 0.6 is 12.6 Å². The van der Waals surface area contributed by atoms with Crippen molar-refractivity contribution in [3.05, 3.63) is 29.3 Å². The minimum Gasteiger partial charge on any atom is -0.143 e. The summed E-state index contributed by atoms with van der Waals surface area (Å²) in [7, 11) is 0. The molecule has 0 atom stereocenters. The second-order valence-corrected chi connectivity index (χ2v) is 3.88. The van der Waals surface area contributed by atoms with Crippen molar-refractivity contribution < 1.29 is 0 Å². The smallest absolute Gasteiger partial charge is 0.00748 e. The lowest BCUT2D eigenvalue weighted by Crippen LogP contribution is -1.91. The fourth-order valence-electron chi connectivity index (χ4n) is 1.29. The third-order valence-electron chi connectivity index (χ3n) is 2.12. The van der Waals surface area contributed by atoms with Crippen molar-refractivity contribution >= 4 is 12.6 Å². The number of aryl methyl sites for hydroxylation is 1. The van der Waals surface area contributed by atoms with E-state index in [0.717, 1.165) is 11.3 Å². The molecule has 0 unspecified atom stereocenters. The van der Waals surface area contributed by atoms with E-state index >= 15 is 0 Å². The van der Waals surface area contributed by atoms with Crippen molar-refractivity contribution in [3.8, 4) is 0 Å². The van der Waals surface area contributed by atoms with Gasteiger partial charge in [-0.1, -0.05) is 32.9 Å². The van der Waals surface area contributed by atoms with Crippen molar-refractivity contribution in [1.82, 2.24) is 0 Å². The van der Waals surface area contributed by atoms with Crippen molar-refractivity contribution in [3.63, 3.8) is 0 Å². The van der Waals surface area contributed by atoms with Crippen molar-refractivity contribution in [2.45, 2.75) is 38.0 Å². The first-order valence-corrected chi connectivity index (χ1v) is 4.91. The summed E-state index contributed by atoms with van der Waals surface area (Å²) in [5.74, 6) is 0.573. The number of benzene rings is 1. The van der Waals surface area contributed by atoms with E-state index in [9.17, 15) is 0 Å². The Morgan fingerprint density at radius 1 is 1.33 bits per heavy atom. The summed E-state index contributed by atoms with van der Waals surface area (Å²) < 4.78 is 0. The van der Waals surface area contributed by atoms with Crippen LogP contribution in [-0.2, 0) is 6.42 Å². The van der Waals surface area contributed by atoms with Crippen LogP contribution in [-0.4, -0.2) is 0 Å². The molecule has 1 rings (SSSR count). The van der Waals surface area contributed by atoms with Gasteiger partial charge < -0.3 is 0 Å². The normalized spacial score (nSPS) is 10.8. The van der Waals surface area contributed by atoms with Crippen LogP contribution in [0.4, 0.5) is 0 Å². The van der Waals surface area contributed by atoms with Crippen LogP contribution < -0.4 is 0 Å². The maximum absolute atomic E-state index is 4.42. The first-order valence-electron chi connectivity index (χ1n) is 4.47. The van der Waals surface area contributed by atoms with Crippen LogP contribution in [0.15, 0.2) is 23.1 Å². The summed E-state index contributed by atoms with van der Waals surface area (Å²) in [5.41, 5.74) is 2.76. The van der Waals surface area contributed by atoms with Gasteiger partial charge in [0, 0.05) is 4.90 Å². The fraction of sp³-hybridized carbons (Fsp3) is 0.455. The maximum atomic E-state index is 4.42. The van der Waals surface area contributed by atoms with Crippen molar-refractivity contribution in [2.24, 2.45) is 0 Å². The van der Waals surface area contributed by atoms with Gasteiger partial charge in [0.25, 0.3) is 0 Å². The Labute approximate surface area is 80.4 Å². The molecule has 0 aromatic heterocycles. The molecule has 12 heavy (non-hydrogen) atoms. The predicted octanol–water partition coefficient (Wildman–Crippen LogP) is 3.66. The monoisotopic (exact) mass is 180 g/mol. The third kappa shape index (κ3) is 2.04. The minimum absolute atomic E-state index is 0.573. The molecule has 0 aliphatic rings. The highest BCUT2D eigenvalue weighted by atomic mass is 32.1. The number of rotatable bonds is 2. The third-order valence-corrected chi connectivity index (χ3v) is 2.53. The van der Waals surface area contributed by atoms with E-state index < -0.39 is 0 Å². The Morgan fingerprint density at radius 2 is 2.00 bits per heavy atom. The molecule has 0 aliphatic heterocycles. The first kappa shape index (κ1) is 9.66. The van der Waals surface area contributed by atoms with Crippen LogP contribution in [0.3, 0.4) is 0 Å². The number of hydrogen-bond acceptors (Lipinski definition) is 1. The van der Waals surface area contributed by atoms with Crippen LogP contribution in [0.2, 0.25) is 0 Å². The van der Waals surface area contributed by atoms with Crippen LogP contribution in [0, 0.1) is 0 Å². The van der Waals surface area contributed by atoms with E-state index in [0.29, 0.717) is 5.92 Å². The van der Waals surface area contributed by atoms with E-state index in [1.807, 2.05) is 0 Å². The van der Waals surface area contributed by atoms with Crippen LogP contribution in [0.25, 0.3) is 0 Å². The highest BCUT2D eigenvalue weighted by Gasteiger charge is 2.03. The van der Waals surface area contributed by atoms with Gasteiger partial charge in [-0.3, -0.25) is 0 Å². The molecule has 0 bridgehead atoms. The Bertz CT molecular complexity index is 264. The Kier molecular flexibility index (Phi) is 3.21. The summed E-state index contributed by atoms with van der Waals surface area (Å²) in [6.45, 7) is 6.58. The topological polar surface area (TPSA) is 0 Å². The Hall–Kier alpha value is -0.430. The van der Waals surface area contributed by atoms with Gasteiger partial charge >= 0.3 is 0 Å². The quantitative estimate of drug-likeness (QED) is 0.660. The number of thiol groups is 1. The molecule has 0 spiro atoms. The van der Waals surface area contributed by atoms with Crippen LogP contribution in [0.1, 0.15) is 37.8 Å². The molecule has 0 heterocycles. The molecule has 0 nitrogen and oxygen atoms in total. The first-order chi connectivity index (χ1) is 5.65. The lowest BCUT2D eigenvalue weighted by Gasteiger charge is -2.10. The summed E-state index contributed by atoms with van der Waals surface area (Å²) in [5, 5.41) is 0. The van der Waals surface area contributed by atoms with E-state index in [-0.39, 0.29) is 0 Å². The van der Waals surface area contributed by atoms with E-state index in [1.165, 1.54) is 11.1 Å². The zero-order valence-electron chi connectivity index (χ0n) is 7.96. The van der Waals surface area contributed by atoms with E-state index in [4.69, 9.17) is 0 Å². The predicted molar refractivity (Wildman–Crippen MR) is 57.2 cm³/mol. The highest BCUT2D eigenvalue weighted by Crippen LogP contribution is 2.23. The average molecular weight is 180 g/mol. The summed E-state index contributed by atoms with van der Waals surface area (Å²) in [4.78, 5) is 1.11. The summed E-state index contributed by atoms with van der Waals surface area (Å²) >= 11 is 4.42. The Balaban J connectivity index is 3.08. The molecular weight excluding hydrogens is 164 g/mol. The van der Waals surface area contributed by atoms with E-state index in [2.05, 4.69) is 51.6 Å². The highest BCUT2D eigenvalue weighted by molar-refractivity contribution is 7.80. The second-order valence-electron chi connectivity index (χ2n) is 3.40. The van der Waals surface area contributed by atoms with Crippen molar-refractivity contribution in [1.29, 1.82) is 0 Å². The lowest BCUT2D eigenvalue weighted by atomic mass is 10.00. The fourth-order valence-corrected chi connectivity index (χ4v) is 1.68. The molecule has 0 radical (unpaired) electrons. The van der Waals surface area contributed by atoms with Gasteiger partial charge in [0.1, 0.15) is 0 Å². The zero-order valence-corrected chi connectivity index (χ0v) is 8.86. The maximum Gasteiger partial charge on any atom is 0.00748 e. The zero-order chi connectivity index (χ0) is 9.14. The molecule has 1 heteroatoms. The van der Waals surface area contributed by atoms with E-state index in [1.54, 1.807) is 0 Å². The largest absolute Gasteiger partial charge is 0.143 e. The number of hydrogen-bond donors (Lipinski definition) is 1. The van der Waals surface area contributed by atoms with Gasteiger partial charge in [-0.25, -0.2) is 0 Å². The van der Waals surface area contributed by atoms with Crippen molar-refractivity contribution in [2.75, 3.05) is 0 Å². The molecule has 0 saturated heterocycles. The molecule has 0 saturated carbocycles. The molecular formula is C11H16S. The van der Waals surface area contributed by atoms with Gasteiger partial charge in [0.15, 0.2) is 0 Å². The standard InChI is InChI=1S/C11H16S/c1-4-9-5-6-11(12)10(7-9)8(2)3/h5-8,12H,4H2,1-3H3. The minimum atomic E-state index is 0.573. The second kappa shape index (κ2) is 3.99. The molecule has 0 aliphatic carbocycles. The summed E-state index contributed by atoms with van der Waals surface area (Å²) in [6.07, 6.45) is 1.10. The average Bonchev–Trinajstić information content (AvgIpc) is 2.05. The van der Waals surface area contributed by atoms with Crippen LogP contribution in [0.5, 0.6) is 0 Å². The van der Waals surface area contributed by atoms with Gasteiger partial charge in [-0.15, -0.1) is 12.6 Å². The van der Waals surface area contributed by atoms with Gasteiger partial charge in [-0.05, 0) is 29.5 Å². The molecule has 0 amide bonds. The molecule has 66 valence electrons. The lowest BCUT2D eigenvalue weighted by molar-refractivity contribution is 0.838. The SMILES string of the molecule is CCc1ccc(S)c(C(C)C)c1. The summed E-state index contributed by atoms with van der Waals surface area (Å²) in [6, 6.07) is 6.50. The molecule has 0 fully saturated rings. The van der Waals surface area contributed by atoms with Gasteiger partial charge in [0.2, 0.25) is 0 Å². The molecule has 1 aromatic rings. The Morgan fingerprint density at radius 3 is 2.50 bits per heavy atom. The van der Waals surface area contributed by atoms with Gasteiger partial charge in [0.05, 0.1) is 0 Å². The molecule has 1 aromatic carbocycles.